The quantitative estimate of drug-likeness (QED) is 0.165. The molecule has 5 aliphatic rings. The summed E-state index contributed by atoms with van der Waals surface area (Å²) in [6.45, 7) is 12.5. The number of carbonyl (C=O) groups is 4. The Balaban J connectivity index is 1.15. The number of hydrazine groups is 1. The van der Waals surface area contributed by atoms with Crippen LogP contribution in [0, 0.1) is 11.3 Å². The molecule has 9 rings (SSSR count). The molecule has 6 bridgehead atoms. The van der Waals surface area contributed by atoms with E-state index in [2.05, 4.69) is 67.2 Å². The van der Waals surface area contributed by atoms with E-state index in [1.54, 1.807) is 36.1 Å². The van der Waals surface area contributed by atoms with E-state index < -0.39 is 40.2 Å². The van der Waals surface area contributed by atoms with E-state index in [0.29, 0.717) is 38.9 Å². The van der Waals surface area contributed by atoms with Crippen LogP contribution in [-0.4, -0.2) is 123 Å². The summed E-state index contributed by atoms with van der Waals surface area (Å²) in [5, 5.41) is 1.64. The van der Waals surface area contributed by atoms with Crippen LogP contribution in [0.5, 0.6) is 0 Å². The first-order chi connectivity index (χ1) is 29.7. The van der Waals surface area contributed by atoms with Crippen LogP contribution in [0.15, 0.2) is 60.8 Å². The van der Waals surface area contributed by atoms with Crippen LogP contribution >= 0.6 is 0 Å². The summed E-state index contributed by atoms with van der Waals surface area (Å²) in [7, 11) is 5.06. The van der Waals surface area contributed by atoms with Gasteiger partial charge in [-0.15, -0.1) is 0 Å². The number of aromatic nitrogens is 2. The number of urea groups is 1. The molecule has 326 valence electrons. The molecule has 4 aliphatic heterocycles. The highest BCUT2D eigenvalue weighted by atomic mass is 28.2. The van der Waals surface area contributed by atoms with Gasteiger partial charge in [0.2, 0.25) is 5.91 Å². The van der Waals surface area contributed by atoms with Crippen LogP contribution < -0.4 is 5.43 Å². The number of ether oxygens (including phenoxy) is 3. The second-order valence-electron chi connectivity index (χ2n) is 18.9. The highest BCUT2D eigenvalue weighted by molar-refractivity contribution is 6.70. The van der Waals surface area contributed by atoms with Crippen molar-refractivity contribution in [3.63, 3.8) is 0 Å². The van der Waals surface area contributed by atoms with E-state index >= 15 is 4.79 Å². The lowest BCUT2D eigenvalue weighted by Gasteiger charge is -2.42. The number of fused-ring (bicyclic) bond motifs is 8. The molecule has 3 saturated heterocycles. The van der Waals surface area contributed by atoms with Crippen LogP contribution in [0.1, 0.15) is 76.3 Å². The summed E-state index contributed by atoms with van der Waals surface area (Å²) in [6.07, 6.45) is 2.83. The van der Waals surface area contributed by atoms with Crippen LogP contribution in [0.2, 0.25) is 10.6 Å². The van der Waals surface area contributed by atoms with Gasteiger partial charge in [-0.3, -0.25) is 24.4 Å². The van der Waals surface area contributed by atoms with E-state index in [0.717, 1.165) is 56.7 Å². The van der Waals surface area contributed by atoms with Crippen molar-refractivity contribution in [2.75, 3.05) is 47.5 Å². The summed E-state index contributed by atoms with van der Waals surface area (Å²) >= 11 is 0. The van der Waals surface area contributed by atoms with Gasteiger partial charge in [0, 0.05) is 73.9 Å². The van der Waals surface area contributed by atoms with Crippen molar-refractivity contribution >= 4 is 44.1 Å². The van der Waals surface area contributed by atoms with Crippen molar-refractivity contribution in [1.82, 2.24) is 29.8 Å². The van der Waals surface area contributed by atoms with Gasteiger partial charge in [-0.1, -0.05) is 58.0 Å². The monoisotopic (exact) mass is 858 g/mol. The molecule has 13 nitrogen and oxygen atoms in total. The first-order valence-corrected chi connectivity index (χ1v) is 23.1. The maximum atomic E-state index is 15.1. The third-order valence-electron chi connectivity index (χ3n) is 14.1. The molecule has 3 amide bonds. The van der Waals surface area contributed by atoms with E-state index in [9.17, 15) is 14.4 Å². The Morgan fingerprint density at radius 2 is 1.82 bits per heavy atom. The normalized spacial score (nSPS) is 26.1. The van der Waals surface area contributed by atoms with Gasteiger partial charge in [0.1, 0.15) is 12.1 Å². The number of esters is 1. The van der Waals surface area contributed by atoms with E-state index in [4.69, 9.17) is 19.2 Å². The second kappa shape index (κ2) is 16.0. The van der Waals surface area contributed by atoms with Gasteiger partial charge in [0.25, 0.3) is 0 Å². The predicted octanol–water partition coefficient (Wildman–Crippen LogP) is 6.44. The lowest BCUT2D eigenvalue weighted by molar-refractivity contribution is -0.156. The lowest BCUT2D eigenvalue weighted by Crippen LogP contribution is -2.60. The number of Topliss-reactive ketones (excluding diaryl/α,β-unsaturated/α-hetero) is 1. The number of pyridine rings is 1. The lowest BCUT2D eigenvalue weighted by atomic mass is 9.67. The Hall–Kier alpha value is -4.89. The predicted molar refractivity (Wildman–Crippen MR) is 236 cm³/mol. The Morgan fingerprint density at radius 1 is 1.05 bits per heavy atom. The van der Waals surface area contributed by atoms with Crippen molar-refractivity contribution in [1.29, 1.82) is 0 Å². The van der Waals surface area contributed by atoms with Crippen LogP contribution in [0.4, 0.5) is 4.79 Å². The standard InChI is InChI=1S/C48H58N6O7Si/c1-9-53-35-18-17-30-22-33(35)36-37(42(60-8)38-32(40(36)53)15-11-19-49-38)47(4,5)26-61-44(56)34-16-12-20-54(50-34)45(57)48(23-28-13-10-14-29(30)21-28)43(62-48)41(55)39(27(2)3)51(6)46(58)52-24-31(25-52)59-7/h10-11,13-15,17-19,21-22,27,31,34,37,39,42-43,50H,9,12,16,20,23-26H2,1-8H3/t34-,37?,39-,42-,43?,48?/m0/s1. The molecule has 14 heteroatoms. The number of carbonyl (C=O) groups excluding carboxylic acids is 4. The summed E-state index contributed by atoms with van der Waals surface area (Å²) in [4.78, 5) is 65.9. The fraction of sp³-hybridized carbons (Fsp3) is 0.521. The number of methoxy groups -OCH3 is 2. The molecule has 3 unspecified atom stereocenters. The molecule has 0 saturated carbocycles. The minimum Gasteiger partial charge on any atom is -0.464 e. The molecular weight excluding hydrogens is 801 g/mol. The van der Waals surface area contributed by atoms with E-state index in [-0.39, 0.29) is 51.8 Å². The summed E-state index contributed by atoms with van der Waals surface area (Å²) < 4.78 is 20.4. The Bertz CT molecular complexity index is 2440. The molecule has 2 aromatic carbocycles. The van der Waals surface area contributed by atoms with Gasteiger partial charge in [-0.05, 0) is 78.6 Å². The van der Waals surface area contributed by atoms with Crippen LogP contribution in [0.25, 0.3) is 33.3 Å². The Labute approximate surface area is 366 Å². The molecule has 4 aromatic rings. The maximum absolute atomic E-state index is 15.1. The average Bonchev–Trinajstić information content (AvgIpc) is 3.89. The molecular formula is C48H58N6O7Si. The number of hydrogen-bond donors (Lipinski definition) is 1. The number of amides is 3. The molecule has 6 heterocycles. The third-order valence-corrected chi connectivity index (χ3v) is 16.1. The number of benzene rings is 2. The van der Waals surface area contributed by atoms with Crippen molar-refractivity contribution in [2.45, 2.75) is 101 Å². The summed E-state index contributed by atoms with van der Waals surface area (Å²) in [5.41, 5.74) is 10.3. The smallest absolute Gasteiger partial charge is 0.324 e. The van der Waals surface area contributed by atoms with Crippen LogP contribution in [-0.2, 0) is 41.6 Å². The minimum absolute atomic E-state index is 0.00896. The first kappa shape index (κ1) is 42.4. The molecule has 6 atom stereocenters. The molecule has 3 fully saturated rings. The number of ketones is 1. The zero-order valence-corrected chi connectivity index (χ0v) is 38.1. The van der Waals surface area contributed by atoms with E-state index in [1.165, 1.54) is 0 Å². The maximum Gasteiger partial charge on any atom is 0.324 e. The number of aryl methyl sites for hydroxylation is 1. The SMILES string of the molecule is CCn1c2c3c4cc(ccc41)-c1cccc(c1)CC1([Si]C1C(=O)[C@H](C(C)C)N(C)C(=O)N1CC(OC)C1)C(=O)N1CCC[C@H](N1)C(=O)OCC(C)(C)C3[C@H](OC)c1ncccc1-2. The fourth-order valence-corrected chi connectivity index (χ4v) is 12.5. The molecule has 2 radical (unpaired) electrons. The topological polar surface area (TPSA) is 136 Å². The molecule has 1 aliphatic carbocycles. The number of nitrogens with one attached hydrogen (secondary N) is 1. The van der Waals surface area contributed by atoms with Crippen LogP contribution in [0.3, 0.4) is 0 Å². The number of cyclic esters (lactones) is 1. The Kier molecular flexibility index (Phi) is 11.0. The van der Waals surface area contributed by atoms with Gasteiger partial charge >= 0.3 is 12.0 Å². The third kappa shape index (κ3) is 6.88. The molecule has 2 aromatic heterocycles. The van der Waals surface area contributed by atoms with Gasteiger partial charge < -0.3 is 28.6 Å². The second-order valence-corrected chi connectivity index (χ2v) is 20.6. The molecule has 1 spiro atoms. The molecule has 1 N–H and O–H groups in total. The first-order valence-electron chi connectivity index (χ1n) is 22.1. The number of rotatable bonds is 7. The number of nitrogens with zero attached hydrogens (tertiary/aromatic N) is 5. The van der Waals surface area contributed by atoms with Gasteiger partial charge in [0.15, 0.2) is 5.78 Å². The van der Waals surface area contributed by atoms with Crippen molar-refractivity contribution in [2.24, 2.45) is 11.3 Å². The zero-order chi connectivity index (χ0) is 43.8. The van der Waals surface area contributed by atoms with Crippen molar-refractivity contribution in [3.05, 3.63) is 77.6 Å². The number of hydrogen-bond acceptors (Lipinski definition) is 9. The molecule has 62 heavy (non-hydrogen) atoms. The van der Waals surface area contributed by atoms with Gasteiger partial charge in [-0.25, -0.2) is 10.2 Å². The average molecular weight is 859 g/mol. The highest BCUT2D eigenvalue weighted by Crippen LogP contribution is 2.62. The van der Waals surface area contributed by atoms with Crippen molar-refractivity contribution < 1.29 is 33.4 Å². The largest absolute Gasteiger partial charge is 0.464 e. The van der Waals surface area contributed by atoms with Gasteiger partial charge in [0.05, 0.1) is 57.8 Å². The fourth-order valence-electron chi connectivity index (χ4n) is 10.8. The number of likely N-dealkylation sites (tertiary alicyclic amines) is 1. The van der Waals surface area contributed by atoms with Gasteiger partial charge in [-0.2, -0.15) is 0 Å². The van der Waals surface area contributed by atoms with Crippen molar-refractivity contribution in [3.8, 4) is 22.4 Å². The Morgan fingerprint density at radius 3 is 2.55 bits per heavy atom. The minimum atomic E-state index is -1.04. The highest BCUT2D eigenvalue weighted by Gasteiger charge is 2.66. The van der Waals surface area contributed by atoms with E-state index in [1.807, 2.05) is 38.2 Å². The zero-order valence-electron chi connectivity index (χ0n) is 37.1. The summed E-state index contributed by atoms with van der Waals surface area (Å²) in [5.74, 6) is -1.13. The number of likely N-dealkylation sites (N-methyl/N-ethyl adjacent to an activating group) is 1. The summed E-state index contributed by atoms with van der Waals surface area (Å²) in [6, 6.07) is 17.4.